The highest BCUT2D eigenvalue weighted by atomic mass is 35.5. The predicted octanol–water partition coefficient (Wildman–Crippen LogP) is 0.488. The number of tetrazole rings is 1. The molecule has 1 saturated heterocycles. The zero-order valence-corrected chi connectivity index (χ0v) is 17.0. The normalized spacial score (nSPS) is 14.2. The number of nitrogens with zero attached hydrogens (tertiary/aromatic N) is 6. The molecule has 5 rings (SSSR count). The van der Waals surface area contributed by atoms with E-state index < -0.39 is 52.0 Å². The van der Waals surface area contributed by atoms with Crippen LogP contribution in [0.5, 0.6) is 0 Å². The molecule has 4 aromatic rings. The van der Waals surface area contributed by atoms with Crippen LogP contribution in [0.25, 0.3) is 22.4 Å². The average Bonchev–Trinajstić information content (AvgIpc) is 3.16. The molecular formula is C18H12ClF3N8O3. The highest BCUT2D eigenvalue weighted by Gasteiger charge is 2.31. The molecule has 11 nitrogen and oxygen atoms in total. The van der Waals surface area contributed by atoms with Crippen LogP contribution < -0.4 is 21.8 Å². The number of hydrogen-bond acceptors (Lipinski definition) is 8. The number of nitrogens with one attached hydrogen (secondary N) is 1. The van der Waals surface area contributed by atoms with Crippen LogP contribution in [0.3, 0.4) is 0 Å². The molecule has 0 radical (unpaired) electrons. The Kier molecular flexibility index (Phi) is 4.65. The summed E-state index contributed by atoms with van der Waals surface area (Å²) in [6, 6.07) is 1.34. The van der Waals surface area contributed by atoms with Crippen molar-refractivity contribution in [2.75, 3.05) is 23.7 Å². The maximum Gasteiger partial charge on any atom is 0.366 e. The van der Waals surface area contributed by atoms with Gasteiger partial charge in [-0.1, -0.05) is 11.6 Å². The second-order valence-electron chi connectivity index (χ2n) is 7.27. The summed E-state index contributed by atoms with van der Waals surface area (Å²) in [7, 11) is 0. The zero-order valence-electron chi connectivity index (χ0n) is 16.3. The summed E-state index contributed by atoms with van der Waals surface area (Å²) < 4.78 is 45.1. The van der Waals surface area contributed by atoms with Crippen molar-refractivity contribution in [3.63, 3.8) is 0 Å². The molecule has 0 saturated carbocycles. The number of nitrogen functional groups attached to an aromatic ring is 1. The minimum atomic E-state index is -1.17. The maximum atomic E-state index is 15.0. The van der Waals surface area contributed by atoms with E-state index in [1.165, 1.54) is 4.90 Å². The highest BCUT2D eigenvalue weighted by Crippen LogP contribution is 2.38. The fraction of sp³-hybridized carbons (Fsp3) is 0.167. The number of halogens is 4. The Labute approximate surface area is 185 Å². The van der Waals surface area contributed by atoms with Crippen molar-refractivity contribution in [3.05, 3.63) is 61.5 Å². The molecule has 170 valence electrons. The van der Waals surface area contributed by atoms with E-state index in [-0.39, 0.29) is 34.7 Å². The van der Waals surface area contributed by atoms with E-state index in [4.69, 9.17) is 17.3 Å². The van der Waals surface area contributed by atoms with Crippen LogP contribution in [0.1, 0.15) is 0 Å². The average molecular weight is 481 g/mol. The number of aliphatic hydroxyl groups excluding tert-OH is 1. The molecule has 1 fully saturated rings. The summed E-state index contributed by atoms with van der Waals surface area (Å²) in [5, 5.41) is 17.7. The number of benzene rings is 1. The maximum absolute atomic E-state index is 15.0. The van der Waals surface area contributed by atoms with Gasteiger partial charge in [0.25, 0.3) is 0 Å². The first-order chi connectivity index (χ1) is 15.7. The van der Waals surface area contributed by atoms with Gasteiger partial charge in [-0.15, -0.1) is 0 Å². The molecule has 0 aliphatic carbocycles. The number of aliphatic hydroxyl groups is 1. The van der Waals surface area contributed by atoms with Crippen molar-refractivity contribution in [3.8, 4) is 11.5 Å². The first-order valence-corrected chi connectivity index (χ1v) is 9.68. The van der Waals surface area contributed by atoms with Crippen molar-refractivity contribution in [2.24, 2.45) is 0 Å². The Morgan fingerprint density at radius 2 is 1.88 bits per heavy atom. The van der Waals surface area contributed by atoms with Crippen molar-refractivity contribution >= 4 is 34.0 Å². The van der Waals surface area contributed by atoms with Crippen LogP contribution in [0, 0.1) is 17.5 Å². The molecule has 0 spiro atoms. The number of hydrogen-bond donors (Lipinski definition) is 3. The van der Waals surface area contributed by atoms with E-state index in [2.05, 4.69) is 15.4 Å². The van der Waals surface area contributed by atoms with Crippen LogP contribution >= 0.6 is 11.6 Å². The third-order valence-electron chi connectivity index (χ3n) is 5.18. The first-order valence-electron chi connectivity index (χ1n) is 9.30. The Bertz CT molecular complexity index is 1560. The third-order valence-corrected chi connectivity index (χ3v) is 5.54. The molecule has 4 N–H and O–H groups in total. The summed E-state index contributed by atoms with van der Waals surface area (Å²) in [6.45, 7) is 0.157. The molecule has 3 aromatic heterocycles. The second-order valence-corrected chi connectivity index (χ2v) is 7.65. The molecule has 1 aliphatic rings. The number of β-amino-alcohol motifs (C(OH)–C–C–N with tert-alkyl or cyclic N) is 1. The molecule has 0 bridgehead atoms. The van der Waals surface area contributed by atoms with Gasteiger partial charge in [-0.2, -0.15) is 4.68 Å². The highest BCUT2D eigenvalue weighted by molar-refractivity contribution is 6.38. The number of pyridine rings is 2. The van der Waals surface area contributed by atoms with Gasteiger partial charge in [-0.25, -0.2) is 28.0 Å². The van der Waals surface area contributed by atoms with Gasteiger partial charge in [0.05, 0.1) is 27.7 Å². The summed E-state index contributed by atoms with van der Waals surface area (Å²) in [4.78, 5) is 30.3. The Balaban J connectivity index is 1.92. The van der Waals surface area contributed by atoms with Crippen molar-refractivity contribution < 1.29 is 18.3 Å². The second kappa shape index (κ2) is 7.31. The molecule has 15 heteroatoms. The zero-order chi connectivity index (χ0) is 23.6. The third kappa shape index (κ3) is 3.14. The Hall–Kier alpha value is -3.91. The summed E-state index contributed by atoms with van der Waals surface area (Å²) >= 11 is 6.48. The lowest BCUT2D eigenvalue weighted by atomic mass is 10.1. The monoisotopic (exact) mass is 480 g/mol. The number of anilines is 2. The smallest absolute Gasteiger partial charge is 0.366 e. The van der Waals surface area contributed by atoms with Crippen molar-refractivity contribution in [2.45, 2.75) is 6.10 Å². The number of rotatable bonds is 3. The predicted molar refractivity (Wildman–Crippen MR) is 110 cm³/mol. The number of aromatic amines is 1. The van der Waals surface area contributed by atoms with Crippen LogP contribution in [0.2, 0.25) is 5.02 Å². The first kappa shape index (κ1) is 21.0. The molecule has 0 atom stereocenters. The van der Waals surface area contributed by atoms with Gasteiger partial charge in [-0.3, -0.25) is 9.36 Å². The van der Waals surface area contributed by atoms with Crippen LogP contribution in [0.15, 0.2) is 27.9 Å². The fourth-order valence-electron chi connectivity index (χ4n) is 3.63. The van der Waals surface area contributed by atoms with Crippen LogP contribution in [0.4, 0.5) is 24.7 Å². The minimum absolute atomic E-state index is 0.0783. The Morgan fingerprint density at radius 1 is 1.15 bits per heavy atom. The molecule has 0 amide bonds. The van der Waals surface area contributed by atoms with Crippen molar-refractivity contribution in [1.82, 2.24) is 29.8 Å². The summed E-state index contributed by atoms with van der Waals surface area (Å²) in [6.07, 6.45) is 0.284. The quantitative estimate of drug-likeness (QED) is 0.384. The van der Waals surface area contributed by atoms with E-state index in [0.717, 1.165) is 16.8 Å². The molecule has 1 aromatic carbocycles. The molecule has 4 heterocycles. The number of fused-ring (bicyclic) bond motifs is 1. The van der Waals surface area contributed by atoms with Gasteiger partial charge < -0.3 is 15.7 Å². The molecule has 33 heavy (non-hydrogen) atoms. The van der Waals surface area contributed by atoms with Crippen molar-refractivity contribution in [1.29, 1.82) is 0 Å². The lowest BCUT2D eigenvalue weighted by molar-refractivity contribution is 0.141. The fourth-order valence-corrected chi connectivity index (χ4v) is 4.03. The van der Waals surface area contributed by atoms with Gasteiger partial charge in [0.2, 0.25) is 5.43 Å². The van der Waals surface area contributed by atoms with Crippen LogP contribution in [-0.2, 0) is 0 Å². The topological polar surface area (TPSA) is 148 Å². The van der Waals surface area contributed by atoms with Gasteiger partial charge in [0.1, 0.15) is 11.5 Å². The van der Waals surface area contributed by atoms with E-state index in [1.807, 2.05) is 5.10 Å². The van der Waals surface area contributed by atoms with E-state index in [1.54, 1.807) is 0 Å². The number of nitrogens with two attached hydrogens (primary N) is 1. The molecule has 0 unspecified atom stereocenters. The number of aromatic nitrogens is 6. The lowest BCUT2D eigenvalue weighted by Gasteiger charge is -2.38. The standard InChI is InChI=1S/C18H12ClF3N8O3/c19-12-13-7(1-8(20)14(12)28-3-6(31)4-28)15(32)11(30-18(33)25-26-27-30)5-29(13)17-10(22)2-9(21)16(23)24-17/h1-2,5-6,31H,3-4H2,(H2,23,24)(H,25,27,33). The van der Waals surface area contributed by atoms with Gasteiger partial charge in [0.15, 0.2) is 23.3 Å². The van der Waals surface area contributed by atoms with Gasteiger partial charge >= 0.3 is 5.69 Å². The van der Waals surface area contributed by atoms with E-state index >= 15 is 4.39 Å². The summed E-state index contributed by atoms with van der Waals surface area (Å²) in [5.41, 5.74) is 2.98. The van der Waals surface area contributed by atoms with Gasteiger partial charge in [0, 0.05) is 25.4 Å². The summed E-state index contributed by atoms with van der Waals surface area (Å²) in [5.74, 6) is -4.41. The molecular weight excluding hydrogens is 469 g/mol. The number of H-pyrrole nitrogens is 1. The largest absolute Gasteiger partial charge is 0.389 e. The van der Waals surface area contributed by atoms with E-state index in [9.17, 15) is 23.5 Å². The lowest BCUT2D eigenvalue weighted by Crippen LogP contribution is -2.51. The Morgan fingerprint density at radius 3 is 2.52 bits per heavy atom. The molecule has 1 aliphatic heterocycles. The van der Waals surface area contributed by atoms with Gasteiger partial charge in [-0.05, 0) is 16.5 Å². The minimum Gasteiger partial charge on any atom is -0.389 e. The van der Waals surface area contributed by atoms with Crippen LogP contribution in [-0.4, -0.2) is 54.1 Å². The SMILES string of the molecule is Nc1nc(-n2cc(-n3nn[nH]c3=O)c(=O)c3cc(F)c(N4CC(O)C4)c(Cl)c32)c(F)cc1F. The van der Waals surface area contributed by atoms with E-state index in [0.29, 0.717) is 10.7 Å².